The summed E-state index contributed by atoms with van der Waals surface area (Å²) >= 11 is 5.89. The smallest absolute Gasteiger partial charge is 0.226 e. The molecule has 0 bridgehead atoms. The summed E-state index contributed by atoms with van der Waals surface area (Å²) in [6, 6.07) is 2.07. The number of nitrogens with one attached hydrogen (secondary N) is 1. The third-order valence-electron chi connectivity index (χ3n) is 3.18. The number of carbonyl (C=O) groups is 1. The van der Waals surface area contributed by atoms with Gasteiger partial charge < -0.3 is 10.2 Å². The largest absolute Gasteiger partial charge is 0.351 e. The Kier molecular flexibility index (Phi) is 2.24. The molecule has 0 radical (unpaired) electrons. The number of halogens is 1. The first-order valence-corrected chi connectivity index (χ1v) is 5.84. The van der Waals surface area contributed by atoms with E-state index in [0.29, 0.717) is 17.5 Å². The van der Waals surface area contributed by atoms with Crippen molar-refractivity contribution in [2.45, 2.75) is 25.3 Å². The van der Waals surface area contributed by atoms with Crippen LogP contribution < -0.4 is 10.2 Å². The SMILES string of the molecule is O=C1CC2CCCN2c2ncc(Cl)cc2N1. The summed E-state index contributed by atoms with van der Waals surface area (Å²) in [5.41, 5.74) is 0.738. The molecule has 1 amide bonds. The molecule has 0 saturated carbocycles. The molecular formula is C11H12ClN3O. The van der Waals surface area contributed by atoms with Crippen molar-refractivity contribution in [2.75, 3.05) is 16.8 Å². The highest BCUT2D eigenvalue weighted by molar-refractivity contribution is 6.31. The Morgan fingerprint density at radius 2 is 2.44 bits per heavy atom. The lowest BCUT2D eigenvalue weighted by molar-refractivity contribution is -0.116. The van der Waals surface area contributed by atoms with Gasteiger partial charge in [0.2, 0.25) is 5.91 Å². The minimum atomic E-state index is 0.0553. The fourth-order valence-corrected chi connectivity index (χ4v) is 2.65. The molecule has 0 spiro atoms. The van der Waals surface area contributed by atoms with Crippen LogP contribution in [0.5, 0.6) is 0 Å². The monoisotopic (exact) mass is 237 g/mol. The molecule has 84 valence electrons. The molecule has 3 heterocycles. The van der Waals surface area contributed by atoms with Gasteiger partial charge >= 0.3 is 0 Å². The van der Waals surface area contributed by atoms with Crippen molar-refractivity contribution in [3.8, 4) is 0 Å². The first-order valence-electron chi connectivity index (χ1n) is 5.46. The van der Waals surface area contributed by atoms with E-state index in [1.807, 2.05) is 0 Å². The van der Waals surface area contributed by atoms with E-state index >= 15 is 0 Å². The second kappa shape index (κ2) is 3.63. The number of carbonyl (C=O) groups excluding carboxylic acids is 1. The highest BCUT2D eigenvalue weighted by atomic mass is 35.5. The first-order chi connectivity index (χ1) is 7.74. The van der Waals surface area contributed by atoms with Crippen molar-refractivity contribution in [1.29, 1.82) is 0 Å². The van der Waals surface area contributed by atoms with E-state index in [1.165, 1.54) is 0 Å². The van der Waals surface area contributed by atoms with Crippen LogP contribution in [0.25, 0.3) is 0 Å². The zero-order valence-electron chi connectivity index (χ0n) is 8.74. The van der Waals surface area contributed by atoms with Crippen LogP contribution in [-0.2, 0) is 4.79 Å². The third-order valence-corrected chi connectivity index (χ3v) is 3.38. The molecule has 2 aliphatic rings. The second-order valence-electron chi connectivity index (χ2n) is 4.27. The number of rotatable bonds is 0. The number of aromatic nitrogens is 1. The van der Waals surface area contributed by atoms with E-state index in [0.717, 1.165) is 30.9 Å². The number of hydrogen-bond acceptors (Lipinski definition) is 3. The summed E-state index contributed by atoms with van der Waals surface area (Å²) in [5, 5.41) is 3.42. The molecule has 1 saturated heterocycles. The fourth-order valence-electron chi connectivity index (χ4n) is 2.49. The Morgan fingerprint density at radius 3 is 3.31 bits per heavy atom. The predicted octanol–water partition coefficient (Wildman–Crippen LogP) is 2.05. The number of pyridine rings is 1. The maximum absolute atomic E-state index is 11.7. The van der Waals surface area contributed by atoms with Gasteiger partial charge in [-0.05, 0) is 18.9 Å². The van der Waals surface area contributed by atoms with E-state index < -0.39 is 0 Å². The van der Waals surface area contributed by atoms with Gasteiger partial charge in [0.25, 0.3) is 0 Å². The summed E-state index contributed by atoms with van der Waals surface area (Å²) in [6.07, 6.45) is 4.38. The van der Waals surface area contributed by atoms with Gasteiger partial charge in [-0.25, -0.2) is 4.98 Å². The number of hydrogen-bond donors (Lipinski definition) is 1. The minimum Gasteiger partial charge on any atom is -0.351 e. The summed E-state index contributed by atoms with van der Waals surface area (Å²) in [7, 11) is 0. The Labute approximate surface area is 98.6 Å². The normalized spacial score (nSPS) is 23.4. The van der Waals surface area contributed by atoms with Crippen LogP contribution in [0.15, 0.2) is 12.3 Å². The molecule has 1 N–H and O–H groups in total. The average molecular weight is 238 g/mol. The molecule has 2 aliphatic heterocycles. The average Bonchev–Trinajstić information content (AvgIpc) is 2.61. The number of anilines is 2. The van der Waals surface area contributed by atoms with E-state index in [1.54, 1.807) is 12.3 Å². The lowest BCUT2D eigenvalue weighted by atomic mass is 10.1. The lowest BCUT2D eigenvalue weighted by Crippen LogP contribution is -2.30. The van der Waals surface area contributed by atoms with Crippen LogP contribution in [0.4, 0.5) is 11.5 Å². The maximum Gasteiger partial charge on any atom is 0.226 e. The zero-order valence-corrected chi connectivity index (χ0v) is 9.50. The Morgan fingerprint density at radius 1 is 1.56 bits per heavy atom. The molecule has 4 nitrogen and oxygen atoms in total. The van der Waals surface area contributed by atoms with E-state index in [2.05, 4.69) is 15.2 Å². The molecule has 1 atom stereocenters. The molecule has 1 aromatic rings. The van der Waals surface area contributed by atoms with Crippen molar-refractivity contribution < 1.29 is 4.79 Å². The Bertz CT molecular complexity index is 449. The van der Waals surface area contributed by atoms with Crippen molar-refractivity contribution in [1.82, 2.24) is 4.98 Å². The van der Waals surface area contributed by atoms with Gasteiger partial charge in [-0.3, -0.25) is 4.79 Å². The van der Waals surface area contributed by atoms with E-state index in [9.17, 15) is 4.79 Å². The minimum absolute atomic E-state index is 0.0553. The van der Waals surface area contributed by atoms with Crippen LogP contribution in [0.1, 0.15) is 19.3 Å². The zero-order chi connectivity index (χ0) is 11.1. The number of amides is 1. The molecular weight excluding hydrogens is 226 g/mol. The van der Waals surface area contributed by atoms with Gasteiger partial charge in [-0.15, -0.1) is 0 Å². The molecule has 3 rings (SSSR count). The van der Waals surface area contributed by atoms with Crippen LogP contribution in [0.2, 0.25) is 5.02 Å². The van der Waals surface area contributed by atoms with E-state index in [4.69, 9.17) is 11.6 Å². The Balaban J connectivity index is 2.09. The molecule has 1 fully saturated rings. The second-order valence-corrected chi connectivity index (χ2v) is 4.70. The van der Waals surface area contributed by atoms with Crippen LogP contribution in [0.3, 0.4) is 0 Å². The topological polar surface area (TPSA) is 45.2 Å². The summed E-state index contributed by atoms with van der Waals surface area (Å²) in [4.78, 5) is 18.2. The van der Waals surface area contributed by atoms with Crippen LogP contribution in [0, 0.1) is 0 Å². The van der Waals surface area contributed by atoms with Crippen molar-refractivity contribution in [2.24, 2.45) is 0 Å². The fraction of sp³-hybridized carbons (Fsp3) is 0.455. The standard InChI is InChI=1S/C11H12ClN3O/c12-7-4-9-11(13-6-7)15-3-1-2-8(15)5-10(16)14-9/h4,6,8H,1-3,5H2,(H,14,16). The molecule has 5 heteroatoms. The molecule has 0 aromatic carbocycles. The number of nitrogens with zero attached hydrogens (tertiary/aromatic N) is 2. The summed E-state index contributed by atoms with van der Waals surface area (Å²) in [5.74, 6) is 0.914. The predicted molar refractivity (Wildman–Crippen MR) is 62.9 cm³/mol. The molecule has 1 unspecified atom stereocenters. The third kappa shape index (κ3) is 1.53. The van der Waals surface area contributed by atoms with Crippen molar-refractivity contribution >= 4 is 29.0 Å². The van der Waals surface area contributed by atoms with Crippen LogP contribution in [-0.4, -0.2) is 23.5 Å². The van der Waals surface area contributed by atoms with Crippen molar-refractivity contribution in [3.05, 3.63) is 17.3 Å². The first kappa shape index (κ1) is 9.90. The van der Waals surface area contributed by atoms with Gasteiger partial charge in [-0.2, -0.15) is 0 Å². The molecule has 1 aromatic heterocycles. The van der Waals surface area contributed by atoms with Gasteiger partial charge in [0.05, 0.1) is 10.7 Å². The number of fused-ring (bicyclic) bond motifs is 3. The van der Waals surface area contributed by atoms with Gasteiger partial charge in [0, 0.05) is 25.2 Å². The van der Waals surface area contributed by atoms with Crippen molar-refractivity contribution in [3.63, 3.8) is 0 Å². The Hall–Kier alpha value is -1.29. The maximum atomic E-state index is 11.7. The molecule has 0 aliphatic carbocycles. The molecule has 16 heavy (non-hydrogen) atoms. The highest BCUT2D eigenvalue weighted by Crippen LogP contribution is 2.35. The highest BCUT2D eigenvalue weighted by Gasteiger charge is 2.32. The van der Waals surface area contributed by atoms with Gasteiger partial charge in [-0.1, -0.05) is 11.6 Å². The summed E-state index contributed by atoms with van der Waals surface area (Å²) < 4.78 is 0. The van der Waals surface area contributed by atoms with Crippen LogP contribution >= 0.6 is 11.6 Å². The lowest BCUT2D eigenvalue weighted by Gasteiger charge is -2.23. The van der Waals surface area contributed by atoms with Gasteiger partial charge in [0.15, 0.2) is 5.82 Å². The quantitative estimate of drug-likeness (QED) is 0.751. The van der Waals surface area contributed by atoms with E-state index in [-0.39, 0.29) is 5.91 Å². The van der Waals surface area contributed by atoms with Gasteiger partial charge in [0.1, 0.15) is 0 Å². The summed E-state index contributed by atoms with van der Waals surface area (Å²) in [6.45, 7) is 0.973.